The maximum absolute atomic E-state index is 12.0. The topological polar surface area (TPSA) is 75.4 Å². The molecule has 1 aromatic heterocycles. The van der Waals surface area contributed by atoms with Gasteiger partial charge in [0, 0.05) is 24.9 Å². The molecule has 1 aliphatic carbocycles. The number of aromatic nitrogens is 1. The zero-order chi connectivity index (χ0) is 17.6. The largest absolute Gasteiger partial charge is 0.440 e. The van der Waals surface area contributed by atoms with Crippen molar-refractivity contribution in [2.45, 2.75) is 51.6 Å². The molecule has 2 aromatic rings. The number of carbonyl (C=O) groups excluding carboxylic acids is 1. The van der Waals surface area contributed by atoms with Crippen molar-refractivity contribution in [3.8, 4) is 11.3 Å². The fourth-order valence-electron chi connectivity index (χ4n) is 3.45. The molecular formula is C20H26N2O3. The van der Waals surface area contributed by atoms with Gasteiger partial charge in [0.25, 0.3) is 0 Å². The average molecular weight is 342 g/mol. The van der Waals surface area contributed by atoms with Crippen LogP contribution in [0.5, 0.6) is 0 Å². The standard InChI is InChI=1S/C20H26N2O3/c1-14-20(16-9-3-2-4-10-16)25-19(22-14)12-11-18(24)21-13-17(23)15-7-5-6-8-15/h2-4,9-10,15,17,23H,5-8,11-13H2,1H3,(H,21,24). The number of nitrogens with one attached hydrogen (secondary N) is 1. The van der Waals surface area contributed by atoms with Crippen LogP contribution in [0.4, 0.5) is 0 Å². The van der Waals surface area contributed by atoms with Gasteiger partial charge in [-0.2, -0.15) is 0 Å². The number of benzene rings is 1. The molecule has 0 aliphatic heterocycles. The van der Waals surface area contributed by atoms with Gasteiger partial charge in [-0.1, -0.05) is 43.2 Å². The Kier molecular flexibility index (Phi) is 5.87. The van der Waals surface area contributed by atoms with Gasteiger partial charge in [0.05, 0.1) is 11.8 Å². The number of aliphatic hydroxyl groups is 1. The SMILES string of the molecule is Cc1nc(CCC(=O)NCC(O)C2CCCC2)oc1-c1ccccc1. The summed E-state index contributed by atoms with van der Waals surface area (Å²) in [6.07, 6.45) is 4.83. The molecule has 1 heterocycles. The highest BCUT2D eigenvalue weighted by molar-refractivity contribution is 5.76. The summed E-state index contributed by atoms with van der Waals surface area (Å²) < 4.78 is 5.82. The number of amides is 1. The highest BCUT2D eigenvalue weighted by Gasteiger charge is 2.23. The van der Waals surface area contributed by atoms with Crippen LogP contribution in [-0.2, 0) is 11.2 Å². The molecule has 25 heavy (non-hydrogen) atoms. The molecule has 1 atom stereocenters. The molecular weight excluding hydrogens is 316 g/mol. The number of oxazole rings is 1. The third kappa shape index (κ3) is 4.69. The molecule has 1 fully saturated rings. The highest BCUT2D eigenvalue weighted by atomic mass is 16.4. The van der Waals surface area contributed by atoms with Crippen molar-refractivity contribution in [2.24, 2.45) is 5.92 Å². The Morgan fingerprint density at radius 2 is 2.04 bits per heavy atom. The van der Waals surface area contributed by atoms with E-state index in [1.807, 2.05) is 37.3 Å². The molecule has 3 rings (SSSR count). The zero-order valence-electron chi connectivity index (χ0n) is 14.7. The van der Waals surface area contributed by atoms with Crippen LogP contribution in [0.1, 0.15) is 43.7 Å². The first kappa shape index (κ1) is 17.7. The van der Waals surface area contributed by atoms with Crippen molar-refractivity contribution in [3.63, 3.8) is 0 Å². The number of carbonyl (C=O) groups is 1. The predicted molar refractivity (Wildman–Crippen MR) is 96.0 cm³/mol. The Bertz CT molecular complexity index is 690. The number of hydrogen-bond acceptors (Lipinski definition) is 4. The monoisotopic (exact) mass is 342 g/mol. The zero-order valence-corrected chi connectivity index (χ0v) is 14.7. The van der Waals surface area contributed by atoms with Crippen molar-refractivity contribution in [1.82, 2.24) is 10.3 Å². The van der Waals surface area contributed by atoms with Crippen LogP contribution < -0.4 is 5.32 Å². The number of hydrogen-bond donors (Lipinski definition) is 2. The highest BCUT2D eigenvalue weighted by Crippen LogP contribution is 2.27. The Labute approximate surface area is 148 Å². The molecule has 1 saturated carbocycles. The Balaban J connectivity index is 1.47. The second kappa shape index (κ2) is 8.30. The Morgan fingerprint density at radius 1 is 1.32 bits per heavy atom. The third-order valence-corrected chi connectivity index (χ3v) is 4.90. The van der Waals surface area contributed by atoms with E-state index in [0.717, 1.165) is 29.9 Å². The molecule has 5 heteroatoms. The van der Waals surface area contributed by atoms with E-state index in [1.54, 1.807) is 0 Å². The van der Waals surface area contributed by atoms with Crippen molar-refractivity contribution in [2.75, 3.05) is 6.54 Å². The second-order valence-electron chi connectivity index (χ2n) is 6.80. The Morgan fingerprint density at radius 3 is 2.76 bits per heavy atom. The van der Waals surface area contributed by atoms with Gasteiger partial charge in [0.1, 0.15) is 0 Å². The van der Waals surface area contributed by atoms with E-state index in [0.29, 0.717) is 31.2 Å². The maximum Gasteiger partial charge on any atom is 0.220 e. The van der Waals surface area contributed by atoms with Crippen LogP contribution in [0.2, 0.25) is 0 Å². The minimum atomic E-state index is -0.430. The summed E-state index contributed by atoms with van der Waals surface area (Å²) in [7, 11) is 0. The fourth-order valence-corrected chi connectivity index (χ4v) is 3.45. The lowest BCUT2D eigenvalue weighted by Crippen LogP contribution is -2.35. The molecule has 134 valence electrons. The maximum atomic E-state index is 12.0. The van der Waals surface area contributed by atoms with Gasteiger partial charge in [-0.3, -0.25) is 4.79 Å². The molecule has 0 saturated heterocycles. The van der Waals surface area contributed by atoms with Crippen LogP contribution in [0.3, 0.4) is 0 Å². The molecule has 5 nitrogen and oxygen atoms in total. The molecule has 0 spiro atoms. The number of aryl methyl sites for hydroxylation is 2. The summed E-state index contributed by atoms with van der Waals surface area (Å²) >= 11 is 0. The van der Waals surface area contributed by atoms with E-state index in [2.05, 4.69) is 10.3 Å². The van der Waals surface area contributed by atoms with E-state index in [9.17, 15) is 9.90 Å². The lowest BCUT2D eigenvalue weighted by atomic mass is 10.0. The van der Waals surface area contributed by atoms with Crippen molar-refractivity contribution >= 4 is 5.91 Å². The third-order valence-electron chi connectivity index (χ3n) is 4.90. The first-order valence-corrected chi connectivity index (χ1v) is 9.10. The predicted octanol–water partition coefficient (Wildman–Crippen LogP) is 3.25. The summed E-state index contributed by atoms with van der Waals surface area (Å²) in [5.41, 5.74) is 1.82. The van der Waals surface area contributed by atoms with Crippen LogP contribution in [0, 0.1) is 12.8 Å². The van der Waals surface area contributed by atoms with Crippen molar-refractivity contribution < 1.29 is 14.3 Å². The van der Waals surface area contributed by atoms with Crippen molar-refractivity contribution in [1.29, 1.82) is 0 Å². The van der Waals surface area contributed by atoms with E-state index >= 15 is 0 Å². The Hall–Kier alpha value is -2.14. The van der Waals surface area contributed by atoms with Gasteiger partial charge in [-0.15, -0.1) is 0 Å². The van der Waals surface area contributed by atoms with Gasteiger partial charge in [-0.05, 0) is 25.7 Å². The first-order valence-electron chi connectivity index (χ1n) is 9.10. The van der Waals surface area contributed by atoms with E-state index < -0.39 is 6.10 Å². The van der Waals surface area contributed by atoms with Crippen molar-refractivity contribution in [3.05, 3.63) is 41.9 Å². The van der Waals surface area contributed by atoms with Crippen LogP contribution in [0.15, 0.2) is 34.7 Å². The molecule has 1 aromatic carbocycles. The molecule has 1 amide bonds. The number of aliphatic hydroxyl groups excluding tert-OH is 1. The lowest BCUT2D eigenvalue weighted by molar-refractivity contribution is -0.121. The smallest absolute Gasteiger partial charge is 0.220 e. The average Bonchev–Trinajstić information content (AvgIpc) is 3.28. The van der Waals surface area contributed by atoms with Gasteiger partial charge in [0.2, 0.25) is 5.91 Å². The van der Waals surface area contributed by atoms with Crippen LogP contribution >= 0.6 is 0 Å². The normalized spacial score (nSPS) is 16.1. The molecule has 1 aliphatic rings. The van der Waals surface area contributed by atoms with E-state index in [-0.39, 0.29) is 5.91 Å². The molecule has 0 bridgehead atoms. The fraction of sp³-hybridized carbons (Fsp3) is 0.500. The quantitative estimate of drug-likeness (QED) is 0.810. The molecule has 0 radical (unpaired) electrons. The summed E-state index contributed by atoms with van der Waals surface area (Å²) in [5.74, 6) is 1.59. The van der Waals surface area contributed by atoms with Crippen LogP contribution in [0.25, 0.3) is 11.3 Å². The lowest BCUT2D eigenvalue weighted by Gasteiger charge is -2.17. The van der Waals surface area contributed by atoms with Crippen LogP contribution in [-0.4, -0.2) is 28.6 Å². The van der Waals surface area contributed by atoms with E-state index in [1.165, 1.54) is 12.8 Å². The van der Waals surface area contributed by atoms with E-state index in [4.69, 9.17) is 4.42 Å². The summed E-state index contributed by atoms with van der Waals surface area (Å²) in [6.45, 7) is 2.25. The summed E-state index contributed by atoms with van der Waals surface area (Å²) in [6, 6.07) is 9.84. The van der Waals surface area contributed by atoms with Gasteiger partial charge in [0.15, 0.2) is 11.7 Å². The molecule has 2 N–H and O–H groups in total. The van der Waals surface area contributed by atoms with Gasteiger partial charge >= 0.3 is 0 Å². The number of rotatable bonds is 7. The first-order chi connectivity index (χ1) is 12.1. The number of nitrogens with zero attached hydrogens (tertiary/aromatic N) is 1. The minimum Gasteiger partial charge on any atom is -0.440 e. The molecule has 1 unspecified atom stereocenters. The summed E-state index contributed by atoms with van der Waals surface area (Å²) in [4.78, 5) is 16.4. The van der Waals surface area contributed by atoms with Gasteiger partial charge in [-0.25, -0.2) is 4.98 Å². The second-order valence-corrected chi connectivity index (χ2v) is 6.80. The minimum absolute atomic E-state index is 0.0749. The summed E-state index contributed by atoms with van der Waals surface area (Å²) in [5, 5.41) is 12.9. The van der Waals surface area contributed by atoms with Gasteiger partial charge < -0.3 is 14.8 Å².